The van der Waals surface area contributed by atoms with Crippen molar-refractivity contribution in [3.8, 4) is 17.1 Å². The molecule has 0 saturated carbocycles. The number of ether oxygens (including phenoxy) is 1. The Bertz CT molecular complexity index is 1160. The highest BCUT2D eigenvalue weighted by Gasteiger charge is 2.23. The molecule has 0 bridgehead atoms. The third-order valence-corrected chi connectivity index (χ3v) is 4.92. The lowest BCUT2D eigenvalue weighted by Crippen LogP contribution is -2.12. The van der Waals surface area contributed by atoms with Crippen LogP contribution in [0.5, 0.6) is 5.75 Å². The summed E-state index contributed by atoms with van der Waals surface area (Å²) in [6.07, 6.45) is 0. The van der Waals surface area contributed by atoms with E-state index in [1.807, 2.05) is 80.6 Å². The van der Waals surface area contributed by atoms with Gasteiger partial charge in [-0.2, -0.15) is 0 Å². The standard InChI is InChI=1S/C24H21NO3/c1-15-9-10-18(13-16(15)2)25-24(26)22-20-14-19(27-3)11-12-21(20)28-23(22)17-7-5-4-6-8-17/h4-14H,1-3H3,(H,25,26). The van der Waals surface area contributed by atoms with E-state index in [9.17, 15) is 4.79 Å². The summed E-state index contributed by atoms with van der Waals surface area (Å²) in [6, 6.07) is 21.0. The number of rotatable bonds is 4. The lowest BCUT2D eigenvalue weighted by molar-refractivity contribution is 0.102. The maximum atomic E-state index is 13.3. The molecule has 0 atom stereocenters. The van der Waals surface area contributed by atoms with Gasteiger partial charge in [0.15, 0.2) is 0 Å². The van der Waals surface area contributed by atoms with Gasteiger partial charge < -0.3 is 14.5 Å². The number of nitrogens with one attached hydrogen (secondary N) is 1. The minimum atomic E-state index is -0.214. The third-order valence-electron chi connectivity index (χ3n) is 4.92. The van der Waals surface area contributed by atoms with Crippen LogP contribution in [0, 0.1) is 13.8 Å². The molecule has 0 unspecified atom stereocenters. The second-order valence-corrected chi connectivity index (χ2v) is 6.79. The van der Waals surface area contributed by atoms with Crippen LogP contribution in [0.3, 0.4) is 0 Å². The normalized spacial score (nSPS) is 10.8. The number of hydrogen-bond acceptors (Lipinski definition) is 3. The largest absolute Gasteiger partial charge is 0.497 e. The van der Waals surface area contributed by atoms with E-state index in [-0.39, 0.29) is 5.91 Å². The van der Waals surface area contributed by atoms with Crippen LogP contribution in [-0.4, -0.2) is 13.0 Å². The van der Waals surface area contributed by atoms with E-state index in [1.165, 1.54) is 5.56 Å². The van der Waals surface area contributed by atoms with E-state index >= 15 is 0 Å². The van der Waals surface area contributed by atoms with Crippen molar-refractivity contribution in [2.45, 2.75) is 13.8 Å². The first kappa shape index (κ1) is 17.9. The molecule has 4 nitrogen and oxygen atoms in total. The molecule has 0 saturated heterocycles. The van der Waals surface area contributed by atoms with Crippen LogP contribution in [0.25, 0.3) is 22.3 Å². The van der Waals surface area contributed by atoms with Crippen LogP contribution in [0.2, 0.25) is 0 Å². The van der Waals surface area contributed by atoms with Crippen LogP contribution in [-0.2, 0) is 0 Å². The zero-order chi connectivity index (χ0) is 19.7. The molecule has 4 heteroatoms. The van der Waals surface area contributed by atoms with E-state index in [2.05, 4.69) is 5.32 Å². The molecule has 0 spiro atoms. The maximum Gasteiger partial charge on any atom is 0.260 e. The van der Waals surface area contributed by atoms with Crippen molar-refractivity contribution < 1.29 is 13.9 Å². The number of carbonyl (C=O) groups is 1. The lowest BCUT2D eigenvalue weighted by Gasteiger charge is -2.09. The van der Waals surface area contributed by atoms with Crippen LogP contribution >= 0.6 is 0 Å². The van der Waals surface area contributed by atoms with Crippen molar-refractivity contribution in [3.63, 3.8) is 0 Å². The molecule has 140 valence electrons. The molecular formula is C24H21NO3. The van der Waals surface area contributed by atoms with Gasteiger partial charge in [0.2, 0.25) is 0 Å². The molecule has 1 N–H and O–H groups in total. The summed E-state index contributed by atoms with van der Waals surface area (Å²) in [5.74, 6) is 1.01. The van der Waals surface area contributed by atoms with Gasteiger partial charge in [-0.05, 0) is 55.3 Å². The molecule has 4 rings (SSSR count). The van der Waals surface area contributed by atoms with E-state index in [4.69, 9.17) is 9.15 Å². The molecule has 0 aliphatic rings. The second kappa shape index (κ2) is 7.24. The summed E-state index contributed by atoms with van der Waals surface area (Å²) in [5.41, 5.74) is 5.05. The average Bonchev–Trinajstić information content (AvgIpc) is 3.10. The van der Waals surface area contributed by atoms with Crippen molar-refractivity contribution in [3.05, 3.63) is 83.4 Å². The number of carbonyl (C=O) groups excluding carboxylic acids is 1. The van der Waals surface area contributed by atoms with Crippen molar-refractivity contribution in [2.75, 3.05) is 12.4 Å². The average molecular weight is 371 g/mol. The summed E-state index contributed by atoms with van der Waals surface area (Å²) < 4.78 is 11.4. The monoisotopic (exact) mass is 371 g/mol. The number of amides is 1. The van der Waals surface area contributed by atoms with E-state index < -0.39 is 0 Å². The fourth-order valence-corrected chi connectivity index (χ4v) is 3.23. The molecule has 3 aromatic carbocycles. The van der Waals surface area contributed by atoms with Gasteiger partial charge in [-0.15, -0.1) is 0 Å². The Balaban J connectivity index is 1.85. The Kier molecular flexibility index (Phi) is 4.62. The minimum absolute atomic E-state index is 0.214. The van der Waals surface area contributed by atoms with E-state index in [1.54, 1.807) is 7.11 Å². The van der Waals surface area contributed by atoms with Crippen LogP contribution in [0.15, 0.2) is 71.1 Å². The number of fused-ring (bicyclic) bond motifs is 1. The Hall–Kier alpha value is -3.53. The predicted octanol–water partition coefficient (Wildman–Crippen LogP) is 5.98. The Morgan fingerprint density at radius 3 is 2.43 bits per heavy atom. The van der Waals surface area contributed by atoms with Crippen LogP contribution < -0.4 is 10.1 Å². The van der Waals surface area contributed by atoms with Gasteiger partial charge in [0.1, 0.15) is 17.1 Å². The molecule has 0 aliphatic carbocycles. The van der Waals surface area contributed by atoms with Crippen molar-refractivity contribution >= 4 is 22.6 Å². The number of methoxy groups -OCH3 is 1. The summed E-state index contributed by atoms with van der Waals surface area (Å²) >= 11 is 0. The molecule has 0 radical (unpaired) electrons. The first-order valence-corrected chi connectivity index (χ1v) is 9.11. The molecule has 0 fully saturated rings. The van der Waals surface area contributed by atoms with Crippen LogP contribution in [0.4, 0.5) is 5.69 Å². The molecule has 28 heavy (non-hydrogen) atoms. The Morgan fingerprint density at radius 2 is 1.71 bits per heavy atom. The van der Waals surface area contributed by atoms with Crippen molar-refractivity contribution in [1.82, 2.24) is 0 Å². The van der Waals surface area contributed by atoms with Gasteiger partial charge in [-0.3, -0.25) is 4.79 Å². The topological polar surface area (TPSA) is 51.5 Å². The summed E-state index contributed by atoms with van der Waals surface area (Å²) in [7, 11) is 1.61. The predicted molar refractivity (Wildman–Crippen MR) is 112 cm³/mol. The highest BCUT2D eigenvalue weighted by atomic mass is 16.5. The fraction of sp³-hybridized carbons (Fsp3) is 0.125. The smallest absolute Gasteiger partial charge is 0.260 e. The summed E-state index contributed by atoms with van der Waals surface area (Å²) in [5, 5.41) is 3.73. The first-order valence-electron chi connectivity index (χ1n) is 9.11. The highest BCUT2D eigenvalue weighted by molar-refractivity contribution is 6.16. The van der Waals surface area contributed by atoms with Gasteiger partial charge in [0.25, 0.3) is 5.91 Å². The number of hydrogen-bond donors (Lipinski definition) is 1. The number of furan rings is 1. The second-order valence-electron chi connectivity index (χ2n) is 6.79. The van der Waals surface area contributed by atoms with Gasteiger partial charge in [0.05, 0.1) is 12.7 Å². The zero-order valence-corrected chi connectivity index (χ0v) is 16.1. The molecule has 1 amide bonds. The van der Waals surface area contributed by atoms with Gasteiger partial charge in [-0.25, -0.2) is 0 Å². The van der Waals surface area contributed by atoms with Gasteiger partial charge >= 0.3 is 0 Å². The Morgan fingerprint density at radius 1 is 0.929 bits per heavy atom. The fourth-order valence-electron chi connectivity index (χ4n) is 3.23. The SMILES string of the molecule is COc1ccc2oc(-c3ccccc3)c(C(=O)Nc3ccc(C)c(C)c3)c2c1. The zero-order valence-electron chi connectivity index (χ0n) is 16.1. The summed E-state index contributed by atoms with van der Waals surface area (Å²) in [6.45, 7) is 4.07. The first-order chi connectivity index (χ1) is 13.6. The lowest BCUT2D eigenvalue weighted by atomic mass is 10.0. The van der Waals surface area contributed by atoms with E-state index in [0.29, 0.717) is 22.7 Å². The van der Waals surface area contributed by atoms with Crippen molar-refractivity contribution in [1.29, 1.82) is 0 Å². The number of anilines is 1. The van der Waals surface area contributed by atoms with Gasteiger partial charge in [-0.1, -0.05) is 36.4 Å². The summed E-state index contributed by atoms with van der Waals surface area (Å²) in [4.78, 5) is 13.3. The third kappa shape index (κ3) is 3.25. The maximum absolute atomic E-state index is 13.3. The van der Waals surface area contributed by atoms with E-state index in [0.717, 1.165) is 22.2 Å². The van der Waals surface area contributed by atoms with Crippen LogP contribution in [0.1, 0.15) is 21.5 Å². The molecule has 1 heterocycles. The quantitative estimate of drug-likeness (QED) is 0.480. The highest BCUT2D eigenvalue weighted by Crippen LogP contribution is 2.36. The van der Waals surface area contributed by atoms with Gasteiger partial charge in [0, 0.05) is 16.6 Å². The minimum Gasteiger partial charge on any atom is -0.497 e. The molecule has 0 aliphatic heterocycles. The number of benzene rings is 3. The molecule has 4 aromatic rings. The van der Waals surface area contributed by atoms with Crippen molar-refractivity contribution in [2.24, 2.45) is 0 Å². The number of aryl methyl sites for hydroxylation is 2. The Labute approximate surface area is 163 Å². The molecular weight excluding hydrogens is 350 g/mol. The molecule has 1 aromatic heterocycles.